The number of carbonyl (C=O) groups excluding carboxylic acids is 1. The number of rotatable bonds is 2. The molecule has 0 fully saturated rings. The Morgan fingerprint density at radius 3 is 2.82 bits per heavy atom. The average Bonchev–Trinajstić information content (AvgIpc) is 2.33. The molecule has 1 atom stereocenters. The second-order valence-electron chi connectivity index (χ2n) is 2.43. The van der Waals surface area contributed by atoms with Crippen molar-refractivity contribution < 1.29 is 4.79 Å². The molecule has 4 heteroatoms. The molecule has 1 heterocycles. The number of amides is 1. The van der Waals surface area contributed by atoms with Crippen LogP contribution >= 0.6 is 11.3 Å². The van der Waals surface area contributed by atoms with Crippen LogP contribution < -0.4 is 5.73 Å². The summed E-state index contributed by atoms with van der Waals surface area (Å²) in [6.45, 7) is 3.67. The van der Waals surface area contributed by atoms with Gasteiger partial charge in [0.05, 0.1) is 17.1 Å². The number of thiazole rings is 1. The Morgan fingerprint density at radius 1 is 1.82 bits per heavy atom. The van der Waals surface area contributed by atoms with Crippen molar-refractivity contribution in [3.05, 3.63) is 16.1 Å². The molecule has 3 nitrogen and oxygen atoms in total. The lowest BCUT2D eigenvalue weighted by Gasteiger charge is -2.03. The minimum atomic E-state index is -0.294. The van der Waals surface area contributed by atoms with Crippen molar-refractivity contribution in [1.82, 2.24) is 4.98 Å². The third-order valence-electron chi connectivity index (χ3n) is 1.60. The summed E-state index contributed by atoms with van der Waals surface area (Å²) < 4.78 is 0. The molecule has 0 aliphatic rings. The van der Waals surface area contributed by atoms with Gasteiger partial charge >= 0.3 is 0 Å². The maximum absolute atomic E-state index is 10.8. The van der Waals surface area contributed by atoms with E-state index in [4.69, 9.17) is 5.73 Å². The Bertz CT molecular complexity index is 269. The zero-order valence-corrected chi connectivity index (χ0v) is 7.31. The van der Waals surface area contributed by atoms with Gasteiger partial charge in [0.2, 0.25) is 5.91 Å². The first kappa shape index (κ1) is 8.20. The minimum Gasteiger partial charge on any atom is -0.369 e. The second kappa shape index (κ2) is 3.00. The van der Waals surface area contributed by atoms with Crippen molar-refractivity contribution in [3.8, 4) is 0 Å². The summed E-state index contributed by atoms with van der Waals surface area (Å²) in [5.74, 6) is -0.500. The van der Waals surface area contributed by atoms with Crippen molar-refractivity contribution in [2.75, 3.05) is 0 Å². The van der Waals surface area contributed by atoms with Crippen LogP contribution in [0.15, 0.2) is 5.51 Å². The first-order chi connectivity index (χ1) is 5.13. The Balaban J connectivity index is 2.92. The van der Waals surface area contributed by atoms with E-state index in [1.54, 1.807) is 12.4 Å². The minimum absolute atomic E-state index is 0.206. The Morgan fingerprint density at radius 2 is 2.45 bits per heavy atom. The standard InChI is InChI=1S/C7H10N2OS/c1-4(7(8)10)6-5(2)9-3-11-6/h3-4H,1-2H3,(H2,8,10). The van der Waals surface area contributed by atoms with Crippen molar-refractivity contribution in [2.45, 2.75) is 19.8 Å². The summed E-state index contributed by atoms with van der Waals surface area (Å²) in [4.78, 5) is 15.8. The topological polar surface area (TPSA) is 56.0 Å². The van der Waals surface area contributed by atoms with Gasteiger partial charge in [-0.05, 0) is 13.8 Å². The zero-order chi connectivity index (χ0) is 8.43. The van der Waals surface area contributed by atoms with Crippen LogP contribution in [0.3, 0.4) is 0 Å². The molecule has 0 aromatic carbocycles. The molecule has 2 N–H and O–H groups in total. The molecular weight excluding hydrogens is 160 g/mol. The monoisotopic (exact) mass is 170 g/mol. The van der Waals surface area contributed by atoms with Crippen LogP contribution in [0.25, 0.3) is 0 Å². The van der Waals surface area contributed by atoms with Gasteiger partial charge in [0.1, 0.15) is 0 Å². The lowest BCUT2D eigenvalue weighted by atomic mass is 10.1. The van der Waals surface area contributed by atoms with Crippen LogP contribution in [0.2, 0.25) is 0 Å². The van der Waals surface area contributed by atoms with E-state index in [9.17, 15) is 4.79 Å². The van der Waals surface area contributed by atoms with Crippen LogP contribution in [0, 0.1) is 6.92 Å². The average molecular weight is 170 g/mol. The van der Waals surface area contributed by atoms with E-state index in [0.717, 1.165) is 10.6 Å². The third-order valence-corrected chi connectivity index (χ3v) is 2.72. The molecule has 0 saturated carbocycles. The summed E-state index contributed by atoms with van der Waals surface area (Å²) in [6.07, 6.45) is 0. The number of hydrogen-bond acceptors (Lipinski definition) is 3. The van der Waals surface area contributed by atoms with Gasteiger partial charge in [-0.3, -0.25) is 4.79 Å². The number of primary amides is 1. The molecule has 11 heavy (non-hydrogen) atoms. The first-order valence-electron chi connectivity index (χ1n) is 3.32. The largest absolute Gasteiger partial charge is 0.369 e. The highest BCUT2D eigenvalue weighted by Gasteiger charge is 2.15. The molecule has 1 amide bonds. The summed E-state index contributed by atoms with van der Waals surface area (Å²) in [6, 6.07) is 0. The summed E-state index contributed by atoms with van der Waals surface area (Å²) in [5, 5.41) is 0. The number of nitrogens with zero attached hydrogens (tertiary/aromatic N) is 1. The van der Waals surface area contributed by atoms with Crippen molar-refractivity contribution in [1.29, 1.82) is 0 Å². The third kappa shape index (κ3) is 1.57. The fraction of sp³-hybridized carbons (Fsp3) is 0.429. The predicted octanol–water partition coefficient (Wildman–Crippen LogP) is 1.04. The van der Waals surface area contributed by atoms with Crippen LogP contribution in [-0.4, -0.2) is 10.9 Å². The number of aryl methyl sites for hydroxylation is 1. The van der Waals surface area contributed by atoms with Gasteiger partial charge in [-0.2, -0.15) is 0 Å². The smallest absolute Gasteiger partial charge is 0.225 e. The van der Waals surface area contributed by atoms with Crippen molar-refractivity contribution in [3.63, 3.8) is 0 Å². The molecule has 1 rings (SSSR count). The number of nitrogens with two attached hydrogens (primary N) is 1. The normalized spacial score (nSPS) is 12.9. The Kier molecular flexibility index (Phi) is 2.24. The van der Waals surface area contributed by atoms with E-state index in [-0.39, 0.29) is 11.8 Å². The highest BCUT2D eigenvalue weighted by atomic mass is 32.1. The summed E-state index contributed by atoms with van der Waals surface area (Å²) in [7, 11) is 0. The first-order valence-corrected chi connectivity index (χ1v) is 4.20. The number of carbonyl (C=O) groups is 1. The molecule has 1 aromatic heterocycles. The molecule has 60 valence electrons. The molecule has 0 radical (unpaired) electrons. The van der Waals surface area contributed by atoms with Crippen LogP contribution in [0.1, 0.15) is 23.4 Å². The molecule has 0 bridgehead atoms. The molecule has 0 aliphatic carbocycles. The van der Waals surface area contributed by atoms with Gasteiger partial charge in [0, 0.05) is 4.88 Å². The molecule has 0 saturated heterocycles. The fourth-order valence-electron chi connectivity index (χ4n) is 0.856. The van der Waals surface area contributed by atoms with Gasteiger partial charge in [-0.15, -0.1) is 11.3 Å². The van der Waals surface area contributed by atoms with Crippen molar-refractivity contribution in [2.24, 2.45) is 5.73 Å². The van der Waals surface area contributed by atoms with Crippen LogP contribution in [-0.2, 0) is 4.79 Å². The Hall–Kier alpha value is -0.900. The molecule has 1 unspecified atom stereocenters. The highest BCUT2D eigenvalue weighted by Crippen LogP contribution is 2.22. The number of hydrogen-bond donors (Lipinski definition) is 1. The van der Waals surface area contributed by atoms with E-state index in [1.165, 1.54) is 11.3 Å². The van der Waals surface area contributed by atoms with E-state index >= 15 is 0 Å². The number of aromatic nitrogens is 1. The maximum Gasteiger partial charge on any atom is 0.225 e. The molecule has 0 spiro atoms. The van der Waals surface area contributed by atoms with Gasteiger partial charge < -0.3 is 5.73 Å². The zero-order valence-electron chi connectivity index (χ0n) is 6.50. The summed E-state index contributed by atoms with van der Waals surface area (Å²) >= 11 is 1.47. The van der Waals surface area contributed by atoms with Gasteiger partial charge in [-0.1, -0.05) is 0 Å². The van der Waals surface area contributed by atoms with Gasteiger partial charge in [0.25, 0.3) is 0 Å². The molecular formula is C7H10N2OS. The molecule has 0 aliphatic heterocycles. The Labute approximate surface area is 69.3 Å². The van der Waals surface area contributed by atoms with E-state index in [1.807, 2.05) is 6.92 Å². The quantitative estimate of drug-likeness (QED) is 0.721. The van der Waals surface area contributed by atoms with Crippen LogP contribution in [0.5, 0.6) is 0 Å². The summed E-state index contributed by atoms with van der Waals surface area (Å²) in [5.41, 5.74) is 7.77. The van der Waals surface area contributed by atoms with Crippen LogP contribution in [0.4, 0.5) is 0 Å². The van der Waals surface area contributed by atoms with E-state index in [2.05, 4.69) is 4.98 Å². The fourth-order valence-corrected chi connectivity index (χ4v) is 1.72. The maximum atomic E-state index is 10.8. The van der Waals surface area contributed by atoms with E-state index < -0.39 is 0 Å². The van der Waals surface area contributed by atoms with Crippen molar-refractivity contribution >= 4 is 17.2 Å². The highest BCUT2D eigenvalue weighted by molar-refractivity contribution is 7.10. The molecule has 1 aromatic rings. The predicted molar refractivity (Wildman–Crippen MR) is 44.5 cm³/mol. The van der Waals surface area contributed by atoms with Gasteiger partial charge in [-0.25, -0.2) is 4.98 Å². The SMILES string of the molecule is Cc1ncsc1C(C)C(N)=O. The second-order valence-corrected chi connectivity index (χ2v) is 3.31. The van der Waals surface area contributed by atoms with Gasteiger partial charge in [0.15, 0.2) is 0 Å². The lowest BCUT2D eigenvalue weighted by molar-refractivity contribution is -0.119. The lowest BCUT2D eigenvalue weighted by Crippen LogP contribution is -2.18. The van der Waals surface area contributed by atoms with E-state index in [0.29, 0.717) is 0 Å².